The van der Waals surface area contributed by atoms with E-state index in [0.29, 0.717) is 11.1 Å². The molecule has 1 amide bonds. The Morgan fingerprint density at radius 2 is 1.78 bits per heavy atom. The molecule has 7 nitrogen and oxygen atoms in total. The number of thioether (sulfide) groups is 1. The Kier molecular flexibility index (Phi) is 7.44. The molecule has 168 valence electrons. The second-order valence-electron chi connectivity index (χ2n) is 8.00. The number of carbonyl (C=O) groups is 1. The van der Waals surface area contributed by atoms with Crippen LogP contribution in [0.5, 0.6) is 5.75 Å². The Labute approximate surface area is 192 Å². The van der Waals surface area contributed by atoms with Gasteiger partial charge >= 0.3 is 0 Å². The van der Waals surface area contributed by atoms with Crippen molar-refractivity contribution in [1.29, 1.82) is 0 Å². The quantitative estimate of drug-likeness (QED) is 0.483. The normalized spacial score (nSPS) is 14.5. The maximum atomic E-state index is 12.6. The average Bonchev–Trinajstić information content (AvgIpc) is 3.25. The number of nitrogens with zero attached hydrogens (tertiary/aromatic N) is 4. The molecule has 0 saturated carbocycles. The lowest BCUT2D eigenvalue weighted by molar-refractivity contribution is -0.130. The molecule has 8 heteroatoms. The Morgan fingerprint density at radius 3 is 2.53 bits per heavy atom. The van der Waals surface area contributed by atoms with Crippen molar-refractivity contribution in [3.05, 3.63) is 71.1 Å². The van der Waals surface area contributed by atoms with Crippen LogP contribution in [0, 0.1) is 13.8 Å². The van der Waals surface area contributed by atoms with Crippen molar-refractivity contribution < 1.29 is 13.9 Å². The fourth-order valence-electron chi connectivity index (χ4n) is 3.64. The minimum absolute atomic E-state index is 0.0981. The minimum atomic E-state index is 0.0981. The van der Waals surface area contributed by atoms with E-state index >= 15 is 0 Å². The van der Waals surface area contributed by atoms with Gasteiger partial charge in [0, 0.05) is 32.7 Å². The average molecular weight is 453 g/mol. The molecule has 2 aromatic carbocycles. The van der Waals surface area contributed by atoms with Gasteiger partial charge < -0.3 is 14.1 Å². The fourth-order valence-corrected chi connectivity index (χ4v) is 4.33. The highest BCUT2D eigenvalue weighted by Crippen LogP contribution is 2.19. The SMILES string of the molecule is Cc1cccc(CN2CCN(C(=O)CSc3nnc(COc4cccc(C)c4)o3)CC2)c1. The van der Waals surface area contributed by atoms with Gasteiger partial charge in [-0.3, -0.25) is 9.69 Å². The number of aromatic nitrogens is 2. The predicted octanol–water partition coefficient (Wildman–Crippen LogP) is 3.70. The van der Waals surface area contributed by atoms with Crippen LogP contribution < -0.4 is 4.74 Å². The minimum Gasteiger partial charge on any atom is -0.484 e. The molecule has 32 heavy (non-hydrogen) atoms. The predicted molar refractivity (Wildman–Crippen MR) is 124 cm³/mol. The second kappa shape index (κ2) is 10.7. The third-order valence-corrected chi connectivity index (χ3v) is 6.14. The van der Waals surface area contributed by atoms with Crippen molar-refractivity contribution in [2.75, 3.05) is 31.9 Å². The smallest absolute Gasteiger partial charge is 0.277 e. The zero-order valence-electron chi connectivity index (χ0n) is 18.5. The van der Waals surface area contributed by atoms with E-state index in [-0.39, 0.29) is 18.3 Å². The first-order chi connectivity index (χ1) is 15.5. The third kappa shape index (κ3) is 6.34. The van der Waals surface area contributed by atoms with Gasteiger partial charge in [0.15, 0.2) is 6.61 Å². The number of carbonyl (C=O) groups excluding carboxylic acids is 1. The van der Waals surface area contributed by atoms with E-state index in [1.54, 1.807) is 0 Å². The summed E-state index contributed by atoms with van der Waals surface area (Å²) in [5, 5.41) is 8.41. The summed E-state index contributed by atoms with van der Waals surface area (Å²) in [5.74, 6) is 1.54. The van der Waals surface area contributed by atoms with Crippen LogP contribution in [0.15, 0.2) is 58.2 Å². The summed E-state index contributed by atoms with van der Waals surface area (Å²) >= 11 is 1.27. The monoisotopic (exact) mass is 452 g/mol. The first-order valence-corrected chi connectivity index (χ1v) is 11.7. The summed E-state index contributed by atoms with van der Waals surface area (Å²) < 4.78 is 11.3. The lowest BCUT2D eigenvalue weighted by Gasteiger charge is -2.34. The molecule has 0 radical (unpaired) electrons. The molecule has 1 fully saturated rings. The number of aryl methyl sites for hydroxylation is 2. The first kappa shape index (κ1) is 22.4. The van der Waals surface area contributed by atoms with Crippen LogP contribution in [0.2, 0.25) is 0 Å². The Morgan fingerprint density at radius 1 is 1.03 bits per heavy atom. The number of benzene rings is 2. The maximum absolute atomic E-state index is 12.6. The number of rotatable bonds is 8. The van der Waals surface area contributed by atoms with Crippen molar-refractivity contribution in [2.45, 2.75) is 32.2 Å². The Hall–Kier alpha value is -2.84. The van der Waals surface area contributed by atoms with Gasteiger partial charge in [-0.1, -0.05) is 53.7 Å². The van der Waals surface area contributed by atoms with Gasteiger partial charge in [0.2, 0.25) is 5.91 Å². The van der Waals surface area contributed by atoms with Crippen molar-refractivity contribution in [1.82, 2.24) is 20.0 Å². The van der Waals surface area contributed by atoms with E-state index in [1.165, 1.54) is 22.9 Å². The molecule has 0 spiro atoms. The maximum Gasteiger partial charge on any atom is 0.277 e. The number of hydrogen-bond donors (Lipinski definition) is 0. The number of ether oxygens (including phenoxy) is 1. The van der Waals surface area contributed by atoms with Crippen LogP contribution >= 0.6 is 11.8 Å². The Balaban J connectivity index is 1.18. The highest BCUT2D eigenvalue weighted by atomic mass is 32.2. The van der Waals surface area contributed by atoms with Gasteiger partial charge in [0.1, 0.15) is 5.75 Å². The zero-order chi connectivity index (χ0) is 22.3. The number of piperazine rings is 1. The fraction of sp³-hybridized carbons (Fsp3) is 0.375. The van der Waals surface area contributed by atoms with Gasteiger partial charge in [-0.25, -0.2) is 0 Å². The molecule has 1 aromatic heterocycles. The van der Waals surface area contributed by atoms with E-state index in [4.69, 9.17) is 9.15 Å². The largest absolute Gasteiger partial charge is 0.484 e. The lowest BCUT2D eigenvalue weighted by Crippen LogP contribution is -2.48. The second-order valence-corrected chi connectivity index (χ2v) is 8.93. The zero-order valence-corrected chi connectivity index (χ0v) is 19.3. The molecular formula is C24H28N4O3S. The number of amides is 1. The molecule has 1 aliphatic heterocycles. The molecule has 0 unspecified atom stereocenters. The van der Waals surface area contributed by atoms with Crippen LogP contribution in [-0.2, 0) is 17.9 Å². The van der Waals surface area contributed by atoms with Gasteiger partial charge in [-0.05, 0) is 37.1 Å². The summed E-state index contributed by atoms with van der Waals surface area (Å²) in [5.41, 5.74) is 3.72. The van der Waals surface area contributed by atoms with Gasteiger partial charge in [-0.15, -0.1) is 10.2 Å². The Bertz CT molecular complexity index is 1050. The molecule has 0 bridgehead atoms. The molecule has 4 rings (SSSR count). The summed E-state index contributed by atoms with van der Waals surface area (Å²) in [6.07, 6.45) is 0. The van der Waals surface area contributed by atoms with Gasteiger partial charge in [0.25, 0.3) is 11.1 Å². The topological polar surface area (TPSA) is 71.7 Å². The molecule has 1 aliphatic rings. The highest BCUT2D eigenvalue weighted by molar-refractivity contribution is 7.99. The summed E-state index contributed by atoms with van der Waals surface area (Å²) in [4.78, 5) is 16.9. The number of hydrogen-bond acceptors (Lipinski definition) is 7. The van der Waals surface area contributed by atoms with Crippen LogP contribution in [0.4, 0.5) is 0 Å². The standard InChI is InChI=1S/C24H28N4O3S/c1-18-5-3-7-20(13-18)15-27-9-11-28(12-10-27)23(29)17-32-24-26-25-22(31-24)16-30-21-8-4-6-19(2)14-21/h3-8,13-14H,9-12,15-17H2,1-2H3. The summed E-state index contributed by atoms with van der Waals surface area (Å²) in [7, 11) is 0. The van der Waals surface area contributed by atoms with Crippen molar-refractivity contribution >= 4 is 17.7 Å². The third-order valence-electron chi connectivity index (χ3n) is 5.33. The molecular weight excluding hydrogens is 424 g/mol. The molecule has 0 atom stereocenters. The first-order valence-electron chi connectivity index (χ1n) is 10.8. The lowest BCUT2D eigenvalue weighted by atomic mass is 10.1. The van der Waals surface area contributed by atoms with Crippen molar-refractivity contribution in [3.8, 4) is 5.75 Å². The van der Waals surface area contributed by atoms with E-state index in [9.17, 15) is 4.79 Å². The van der Waals surface area contributed by atoms with Crippen molar-refractivity contribution in [3.63, 3.8) is 0 Å². The summed E-state index contributed by atoms with van der Waals surface area (Å²) in [6.45, 7) is 8.49. The summed E-state index contributed by atoms with van der Waals surface area (Å²) in [6, 6.07) is 16.4. The van der Waals surface area contributed by atoms with E-state index in [2.05, 4.69) is 46.3 Å². The van der Waals surface area contributed by atoms with Gasteiger partial charge in [0.05, 0.1) is 5.75 Å². The molecule has 0 N–H and O–H groups in total. The molecule has 2 heterocycles. The van der Waals surface area contributed by atoms with Crippen LogP contribution in [0.3, 0.4) is 0 Å². The van der Waals surface area contributed by atoms with Crippen LogP contribution in [0.1, 0.15) is 22.6 Å². The molecule has 0 aliphatic carbocycles. The van der Waals surface area contributed by atoms with Crippen molar-refractivity contribution in [2.24, 2.45) is 0 Å². The van der Waals surface area contributed by atoms with E-state index < -0.39 is 0 Å². The highest BCUT2D eigenvalue weighted by Gasteiger charge is 2.22. The van der Waals surface area contributed by atoms with E-state index in [0.717, 1.165) is 44.0 Å². The van der Waals surface area contributed by atoms with E-state index in [1.807, 2.05) is 36.1 Å². The van der Waals surface area contributed by atoms with Crippen LogP contribution in [-0.4, -0.2) is 57.8 Å². The van der Waals surface area contributed by atoms with Crippen LogP contribution in [0.25, 0.3) is 0 Å². The molecule has 3 aromatic rings. The van der Waals surface area contributed by atoms with Gasteiger partial charge in [-0.2, -0.15) is 0 Å². The molecule has 1 saturated heterocycles.